The molecule has 0 amide bonds. The Morgan fingerprint density at radius 1 is 1.05 bits per heavy atom. The van der Waals surface area contributed by atoms with Crippen LogP contribution in [-0.4, -0.2) is 4.92 Å². The van der Waals surface area contributed by atoms with Crippen molar-refractivity contribution in [2.24, 2.45) is 0 Å². The van der Waals surface area contributed by atoms with Crippen molar-refractivity contribution in [2.45, 2.75) is 13.8 Å². The first-order chi connectivity index (χ1) is 8.97. The van der Waals surface area contributed by atoms with Gasteiger partial charge in [-0.05, 0) is 43.2 Å². The average Bonchev–Trinajstić information content (AvgIpc) is 2.36. The zero-order valence-electron chi connectivity index (χ0n) is 10.5. The van der Waals surface area contributed by atoms with E-state index < -0.39 is 4.92 Å². The number of non-ortho nitro benzene ring substituents is 1. The minimum atomic E-state index is -0.429. The molecular formula is C14H12ClNO3. The fraction of sp³-hybridized carbons (Fsp3) is 0.143. The summed E-state index contributed by atoms with van der Waals surface area (Å²) in [5, 5.41) is 11.3. The van der Waals surface area contributed by atoms with E-state index in [-0.39, 0.29) is 5.69 Å². The smallest absolute Gasteiger partial charge is 0.269 e. The molecule has 0 atom stereocenters. The van der Waals surface area contributed by atoms with Crippen LogP contribution >= 0.6 is 11.6 Å². The molecule has 0 unspecified atom stereocenters. The van der Waals surface area contributed by atoms with Crippen LogP contribution in [0.5, 0.6) is 11.5 Å². The molecule has 4 nitrogen and oxygen atoms in total. The highest BCUT2D eigenvalue weighted by molar-refractivity contribution is 6.30. The van der Waals surface area contributed by atoms with Crippen LogP contribution in [0.3, 0.4) is 0 Å². The summed E-state index contributed by atoms with van der Waals surface area (Å²) in [6.07, 6.45) is 0. The number of hydrogen-bond donors (Lipinski definition) is 0. The second-order valence-electron chi connectivity index (χ2n) is 4.22. The lowest BCUT2D eigenvalue weighted by atomic mass is 10.2. The number of ether oxygens (including phenoxy) is 1. The van der Waals surface area contributed by atoms with Crippen molar-refractivity contribution in [3.8, 4) is 11.5 Å². The van der Waals surface area contributed by atoms with Gasteiger partial charge in [0.05, 0.1) is 4.92 Å². The largest absolute Gasteiger partial charge is 0.457 e. The lowest BCUT2D eigenvalue weighted by Gasteiger charge is -2.11. The van der Waals surface area contributed by atoms with E-state index in [0.29, 0.717) is 22.1 Å². The van der Waals surface area contributed by atoms with E-state index in [1.165, 1.54) is 12.1 Å². The summed E-state index contributed by atoms with van der Waals surface area (Å²) in [4.78, 5) is 10.2. The molecule has 0 N–H and O–H groups in total. The zero-order chi connectivity index (χ0) is 14.0. The molecule has 0 heterocycles. The lowest BCUT2D eigenvalue weighted by Crippen LogP contribution is -1.93. The lowest BCUT2D eigenvalue weighted by molar-refractivity contribution is -0.384. The van der Waals surface area contributed by atoms with Crippen LogP contribution in [0.1, 0.15) is 11.1 Å². The molecule has 0 fully saturated rings. The second-order valence-corrected chi connectivity index (χ2v) is 4.66. The molecule has 0 spiro atoms. The summed E-state index contributed by atoms with van der Waals surface area (Å²) >= 11 is 5.92. The predicted octanol–water partition coefficient (Wildman–Crippen LogP) is 4.66. The number of benzene rings is 2. The summed E-state index contributed by atoms with van der Waals surface area (Å²) in [6, 6.07) is 9.85. The Morgan fingerprint density at radius 2 is 1.79 bits per heavy atom. The highest BCUT2D eigenvalue weighted by Crippen LogP contribution is 2.31. The molecule has 2 aromatic carbocycles. The van der Waals surface area contributed by atoms with Gasteiger partial charge in [-0.2, -0.15) is 0 Å². The number of hydrogen-bond acceptors (Lipinski definition) is 3. The zero-order valence-corrected chi connectivity index (χ0v) is 11.3. The number of halogens is 1. The van der Waals surface area contributed by atoms with Crippen LogP contribution in [0.2, 0.25) is 5.02 Å². The van der Waals surface area contributed by atoms with Crippen molar-refractivity contribution in [1.29, 1.82) is 0 Å². The van der Waals surface area contributed by atoms with Gasteiger partial charge in [-0.3, -0.25) is 10.1 Å². The van der Waals surface area contributed by atoms with Crippen molar-refractivity contribution in [3.05, 3.63) is 62.7 Å². The van der Waals surface area contributed by atoms with Crippen molar-refractivity contribution < 1.29 is 9.66 Å². The maximum atomic E-state index is 10.7. The molecule has 0 aliphatic carbocycles. The van der Waals surface area contributed by atoms with Gasteiger partial charge in [0.2, 0.25) is 0 Å². The molecule has 0 bridgehead atoms. The Kier molecular flexibility index (Phi) is 3.71. The summed E-state index contributed by atoms with van der Waals surface area (Å²) in [5.74, 6) is 1.22. The standard InChI is InChI=1S/C14H12ClNO3/c1-9-3-4-11(15)8-14(9)19-13-6-5-12(16(17)18)7-10(13)2/h3-8H,1-2H3. The first-order valence-corrected chi connectivity index (χ1v) is 6.04. The monoisotopic (exact) mass is 277 g/mol. The van der Waals surface area contributed by atoms with Crippen molar-refractivity contribution in [1.82, 2.24) is 0 Å². The summed E-state index contributed by atoms with van der Waals surface area (Å²) in [7, 11) is 0. The van der Waals surface area contributed by atoms with Crippen molar-refractivity contribution in [2.75, 3.05) is 0 Å². The van der Waals surface area contributed by atoms with Crippen LogP contribution in [-0.2, 0) is 0 Å². The van der Waals surface area contributed by atoms with Gasteiger partial charge in [-0.25, -0.2) is 0 Å². The van der Waals surface area contributed by atoms with Crippen molar-refractivity contribution in [3.63, 3.8) is 0 Å². The third-order valence-corrected chi connectivity index (χ3v) is 2.97. The molecule has 98 valence electrons. The second kappa shape index (κ2) is 5.28. The van der Waals surface area contributed by atoms with Gasteiger partial charge >= 0.3 is 0 Å². The minimum Gasteiger partial charge on any atom is -0.457 e. The number of nitrogens with zero attached hydrogens (tertiary/aromatic N) is 1. The fourth-order valence-corrected chi connectivity index (χ4v) is 1.83. The van der Waals surface area contributed by atoms with Crippen LogP contribution in [0.4, 0.5) is 5.69 Å². The molecule has 5 heteroatoms. The number of rotatable bonds is 3. The molecule has 0 aliphatic rings. The highest BCUT2D eigenvalue weighted by atomic mass is 35.5. The quantitative estimate of drug-likeness (QED) is 0.606. The van der Waals surface area contributed by atoms with Crippen LogP contribution in [0.25, 0.3) is 0 Å². The topological polar surface area (TPSA) is 52.4 Å². The van der Waals surface area contributed by atoms with E-state index in [1.54, 1.807) is 25.1 Å². The molecule has 0 aromatic heterocycles. The van der Waals surface area contributed by atoms with Crippen LogP contribution in [0, 0.1) is 24.0 Å². The molecule has 0 aliphatic heterocycles. The molecular weight excluding hydrogens is 266 g/mol. The normalized spacial score (nSPS) is 10.3. The fourth-order valence-electron chi connectivity index (χ4n) is 1.66. The van der Waals surface area contributed by atoms with Gasteiger partial charge < -0.3 is 4.74 Å². The van der Waals surface area contributed by atoms with E-state index in [1.807, 2.05) is 13.0 Å². The third kappa shape index (κ3) is 3.03. The van der Waals surface area contributed by atoms with Gasteiger partial charge in [0.1, 0.15) is 11.5 Å². The minimum absolute atomic E-state index is 0.0488. The Labute approximate surface area is 115 Å². The maximum Gasteiger partial charge on any atom is 0.269 e. The molecule has 0 saturated carbocycles. The number of nitro benzene ring substituents is 1. The van der Waals surface area contributed by atoms with E-state index in [4.69, 9.17) is 16.3 Å². The van der Waals surface area contributed by atoms with Gasteiger partial charge in [-0.1, -0.05) is 17.7 Å². The summed E-state index contributed by atoms with van der Waals surface area (Å²) < 4.78 is 5.75. The summed E-state index contributed by atoms with van der Waals surface area (Å²) in [6.45, 7) is 3.68. The molecule has 19 heavy (non-hydrogen) atoms. The van der Waals surface area contributed by atoms with Gasteiger partial charge in [0, 0.05) is 17.2 Å². The van der Waals surface area contributed by atoms with Crippen molar-refractivity contribution >= 4 is 17.3 Å². The van der Waals surface area contributed by atoms with Gasteiger partial charge in [-0.15, -0.1) is 0 Å². The van der Waals surface area contributed by atoms with Gasteiger partial charge in [0.15, 0.2) is 0 Å². The SMILES string of the molecule is Cc1cc([N+](=O)[O-])ccc1Oc1cc(Cl)ccc1C. The molecule has 0 radical (unpaired) electrons. The maximum absolute atomic E-state index is 10.7. The van der Waals surface area contributed by atoms with Gasteiger partial charge in [0.25, 0.3) is 5.69 Å². The number of nitro groups is 1. The van der Waals surface area contributed by atoms with Crippen LogP contribution < -0.4 is 4.74 Å². The Hall–Kier alpha value is -2.07. The van der Waals surface area contributed by atoms with E-state index in [9.17, 15) is 10.1 Å². The highest BCUT2D eigenvalue weighted by Gasteiger charge is 2.10. The van der Waals surface area contributed by atoms with E-state index in [0.717, 1.165) is 5.56 Å². The summed E-state index contributed by atoms with van der Waals surface area (Å²) in [5.41, 5.74) is 1.70. The van der Waals surface area contributed by atoms with Crippen LogP contribution in [0.15, 0.2) is 36.4 Å². The predicted molar refractivity (Wildman–Crippen MR) is 74.1 cm³/mol. The Morgan fingerprint density at radius 3 is 2.42 bits per heavy atom. The molecule has 0 saturated heterocycles. The Balaban J connectivity index is 2.33. The molecule has 2 aromatic rings. The Bertz CT molecular complexity index is 641. The first kappa shape index (κ1) is 13.4. The first-order valence-electron chi connectivity index (χ1n) is 5.66. The molecule has 2 rings (SSSR count). The van der Waals surface area contributed by atoms with E-state index >= 15 is 0 Å². The number of aryl methyl sites for hydroxylation is 2. The third-order valence-electron chi connectivity index (χ3n) is 2.74. The van der Waals surface area contributed by atoms with E-state index in [2.05, 4.69) is 0 Å². The average molecular weight is 278 g/mol.